The van der Waals surface area contributed by atoms with Crippen LogP contribution >= 0.6 is 0 Å². The van der Waals surface area contributed by atoms with Crippen molar-refractivity contribution in [3.63, 3.8) is 0 Å². The van der Waals surface area contributed by atoms with Crippen LogP contribution in [-0.2, 0) is 40.9 Å². The Labute approximate surface area is 237 Å². The molecule has 0 aliphatic carbocycles. The third-order valence-corrected chi connectivity index (χ3v) is 8.69. The largest absolute Gasteiger partial charge is 0.445 e. The lowest BCUT2D eigenvalue weighted by Crippen LogP contribution is -2.40. The van der Waals surface area contributed by atoms with Gasteiger partial charge >= 0.3 is 6.09 Å². The standard InChI is InChI=1S/C29H40N6O4S/c1-3-33(4-2)18-11-21-40(37,38)32-26(17-16-24-12-7-5-8-13-24)28-31-30-27-22-34(19-20-35(27)28)29(36)39-23-25-14-9-6-10-15-25/h5-10,12-15,26,32H,3-4,11,16-23H2,1-2H3/t26-/m1/s1. The van der Waals surface area contributed by atoms with E-state index in [4.69, 9.17) is 4.74 Å². The molecule has 0 fully saturated rings. The first kappa shape index (κ1) is 29.7. The number of aromatic nitrogens is 3. The number of hydrogen-bond donors (Lipinski definition) is 1. The number of ether oxygens (including phenoxy) is 1. The quantitative estimate of drug-likeness (QED) is 0.315. The molecule has 10 nitrogen and oxygen atoms in total. The summed E-state index contributed by atoms with van der Waals surface area (Å²) in [7, 11) is -3.55. The van der Waals surface area contributed by atoms with Gasteiger partial charge in [0.1, 0.15) is 6.61 Å². The highest BCUT2D eigenvalue weighted by molar-refractivity contribution is 7.89. The van der Waals surface area contributed by atoms with E-state index in [0.29, 0.717) is 44.0 Å². The number of carbonyl (C=O) groups is 1. The van der Waals surface area contributed by atoms with E-state index in [9.17, 15) is 13.2 Å². The second-order valence-corrected chi connectivity index (χ2v) is 11.9. The summed E-state index contributed by atoms with van der Waals surface area (Å²) in [4.78, 5) is 16.5. The first-order valence-corrected chi connectivity index (χ1v) is 15.7. The highest BCUT2D eigenvalue weighted by atomic mass is 32.2. The van der Waals surface area contributed by atoms with Crippen LogP contribution in [0.3, 0.4) is 0 Å². The lowest BCUT2D eigenvalue weighted by Gasteiger charge is -2.28. The second-order valence-electron chi connectivity index (χ2n) is 9.98. The van der Waals surface area contributed by atoms with Crippen LogP contribution in [0.25, 0.3) is 0 Å². The van der Waals surface area contributed by atoms with Gasteiger partial charge in [-0.15, -0.1) is 10.2 Å². The molecule has 216 valence electrons. The molecule has 0 radical (unpaired) electrons. The molecule has 0 saturated carbocycles. The fourth-order valence-electron chi connectivity index (χ4n) is 4.89. The Hall–Kier alpha value is -3.28. The van der Waals surface area contributed by atoms with Crippen LogP contribution in [0.1, 0.15) is 55.5 Å². The summed E-state index contributed by atoms with van der Waals surface area (Å²) in [5.74, 6) is 1.24. The Morgan fingerprint density at radius 3 is 2.35 bits per heavy atom. The molecule has 1 N–H and O–H groups in total. The number of amides is 1. The van der Waals surface area contributed by atoms with Crippen LogP contribution < -0.4 is 4.72 Å². The maximum atomic E-state index is 13.1. The van der Waals surface area contributed by atoms with Crippen molar-refractivity contribution in [1.82, 2.24) is 29.3 Å². The average Bonchev–Trinajstić information content (AvgIpc) is 3.40. The fourth-order valence-corrected chi connectivity index (χ4v) is 6.18. The molecule has 2 aromatic carbocycles. The van der Waals surface area contributed by atoms with Crippen LogP contribution in [0.2, 0.25) is 0 Å². The minimum absolute atomic E-state index is 0.0490. The predicted octanol–water partition coefficient (Wildman–Crippen LogP) is 3.76. The normalized spacial score (nSPS) is 14.2. The SMILES string of the molecule is CCN(CC)CCCS(=O)(=O)N[C@H](CCc1ccccc1)c1nnc2n1CCN(C(=O)OCc1ccccc1)C2. The van der Waals surface area contributed by atoms with E-state index < -0.39 is 22.2 Å². The molecule has 3 aromatic rings. The van der Waals surface area contributed by atoms with Crippen molar-refractivity contribution in [3.05, 3.63) is 83.4 Å². The van der Waals surface area contributed by atoms with Gasteiger partial charge in [0.25, 0.3) is 0 Å². The molecule has 4 rings (SSSR count). The van der Waals surface area contributed by atoms with Gasteiger partial charge in [-0.2, -0.15) is 0 Å². The van der Waals surface area contributed by atoms with Gasteiger partial charge in [0.2, 0.25) is 10.0 Å². The Bertz CT molecular complexity index is 1310. The van der Waals surface area contributed by atoms with E-state index >= 15 is 0 Å². The third-order valence-electron chi connectivity index (χ3n) is 7.22. The summed E-state index contributed by atoms with van der Waals surface area (Å²) in [6.45, 7) is 8.02. The molecule has 11 heteroatoms. The van der Waals surface area contributed by atoms with E-state index in [1.165, 1.54) is 0 Å². The van der Waals surface area contributed by atoms with Gasteiger partial charge in [-0.05, 0) is 50.0 Å². The minimum Gasteiger partial charge on any atom is -0.445 e. The van der Waals surface area contributed by atoms with Crippen molar-refractivity contribution in [1.29, 1.82) is 0 Å². The Kier molecular flexibility index (Phi) is 10.7. The molecular formula is C29H40N6O4S. The fraction of sp³-hybridized carbons (Fsp3) is 0.483. The molecule has 1 atom stereocenters. The van der Waals surface area contributed by atoms with Crippen molar-refractivity contribution < 1.29 is 17.9 Å². The first-order valence-electron chi connectivity index (χ1n) is 14.0. The molecule has 0 spiro atoms. The highest BCUT2D eigenvalue weighted by Gasteiger charge is 2.30. The lowest BCUT2D eigenvalue weighted by atomic mass is 10.1. The molecule has 1 aromatic heterocycles. The highest BCUT2D eigenvalue weighted by Crippen LogP contribution is 2.23. The van der Waals surface area contributed by atoms with E-state index in [-0.39, 0.29) is 18.9 Å². The molecular weight excluding hydrogens is 528 g/mol. The summed E-state index contributed by atoms with van der Waals surface area (Å²) in [5.41, 5.74) is 2.04. The smallest absolute Gasteiger partial charge is 0.410 e. The molecule has 0 unspecified atom stereocenters. The number of benzene rings is 2. The van der Waals surface area contributed by atoms with Gasteiger partial charge in [0.15, 0.2) is 11.6 Å². The van der Waals surface area contributed by atoms with Crippen LogP contribution in [-0.4, -0.2) is 71.0 Å². The van der Waals surface area contributed by atoms with Crippen LogP contribution in [0.15, 0.2) is 60.7 Å². The Morgan fingerprint density at radius 1 is 1.00 bits per heavy atom. The monoisotopic (exact) mass is 568 g/mol. The minimum atomic E-state index is -3.55. The van der Waals surface area contributed by atoms with Crippen LogP contribution in [0.5, 0.6) is 0 Å². The molecule has 0 bridgehead atoms. The molecule has 1 amide bonds. The van der Waals surface area contributed by atoms with E-state index in [1.54, 1.807) is 4.90 Å². The number of nitrogens with zero attached hydrogens (tertiary/aromatic N) is 5. The zero-order valence-corrected chi connectivity index (χ0v) is 24.2. The second kappa shape index (κ2) is 14.4. The van der Waals surface area contributed by atoms with Gasteiger partial charge in [0, 0.05) is 13.1 Å². The summed E-state index contributed by atoms with van der Waals surface area (Å²) < 4.78 is 36.7. The number of rotatable bonds is 14. The molecule has 0 saturated heterocycles. The topological polar surface area (TPSA) is 110 Å². The summed E-state index contributed by atoms with van der Waals surface area (Å²) in [6, 6.07) is 19.0. The van der Waals surface area contributed by atoms with Gasteiger partial charge in [-0.1, -0.05) is 74.5 Å². The zero-order chi connectivity index (χ0) is 28.4. The van der Waals surface area contributed by atoms with E-state index in [1.807, 2.05) is 65.2 Å². The van der Waals surface area contributed by atoms with Gasteiger partial charge in [0.05, 0.1) is 18.3 Å². The Morgan fingerprint density at radius 2 is 1.68 bits per heavy atom. The number of nitrogens with one attached hydrogen (secondary N) is 1. The number of fused-ring (bicyclic) bond motifs is 1. The number of carbonyl (C=O) groups excluding carboxylic acids is 1. The van der Waals surface area contributed by atoms with Crippen LogP contribution in [0, 0.1) is 0 Å². The van der Waals surface area contributed by atoms with Crippen LogP contribution in [0.4, 0.5) is 4.79 Å². The maximum Gasteiger partial charge on any atom is 0.410 e. The van der Waals surface area contributed by atoms with E-state index in [2.05, 4.69) is 33.7 Å². The molecule has 1 aliphatic heterocycles. The van der Waals surface area contributed by atoms with Crippen molar-refractivity contribution in [2.75, 3.05) is 31.9 Å². The maximum absolute atomic E-state index is 13.1. The van der Waals surface area contributed by atoms with Crippen molar-refractivity contribution in [2.24, 2.45) is 0 Å². The summed E-state index contributed by atoms with van der Waals surface area (Å²) in [6.07, 6.45) is 1.38. The van der Waals surface area contributed by atoms with Crippen molar-refractivity contribution >= 4 is 16.1 Å². The Balaban J connectivity index is 1.44. The van der Waals surface area contributed by atoms with Crippen molar-refractivity contribution in [3.8, 4) is 0 Å². The van der Waals surface area contributed by atoms with Crippen molar-refractivity contribution in [2.45, 2.75) is 58.8 Å². The average molecular weight is 569 g/mol. The number of aryl methyl sites for hydroxylation is 1. The predicted molar refractivity (Wildman–Crippen MR) is 154 cm³/mol. The summed E-state index contributed by atoms with van der Waals surface area (Å²) in [5, 5.41) is 8.76. The first-order chi connectivity index (χ1) is 19.4. The molecule has 1 aliphatic rings. The zero-order valence-electron chi connectivity index (χ0n) is 23.4. The summed E-state index contributed by atoms with van der Waals surface area (Å²) >= 11 is 0. The third kappa shape index (κ3) is 8.36. The number of hydrogen-bond acceptors (Lipinski definition) is 7. The lowest BCUT2D eigenvalue weighted by molar-refractivity contribution is 0.0858. The van der Waals surface area contributed by atoms with E-state index in [0.717, 1.165) is 30.8 Å². The van der Waals surface area contributed by atoms with Gasteiger partial charge < -0.3 is 14.2 Å². The molecule has 40 heavy (non-hydrogen) atoms. The van der Waals surface area contributed by atoms with Gasteiger partial charge in [-0.3, -0.25) is 4.90 Å². The number of sulfonamides is 1. The molecule has 2 heterocycles. The van der Waals surface area contributed by atoms with Gasteiger partial charge in [-0.25, -0.2) is 17.9 Å².